The largest absolute Gasteiger partial charge is 0.458 e. The van der Waals surface area contributed by atoms with Crippen LogP contribution in [-0.4, -0.2) is 27.9 Å². The van der Waals surface area contributed by atoms with Gasteiger partial charge in [-0.05, 0) is 25.0 Å². The molecule has 2 aromatic rings. The van der Waals surface area contributed by atoms with Crippen LogP contribution in [-0.2, 0) is 4.84 Å². The molecule has 0 spiro atoms. The number of alkyl halides is 3. The zero-order valence-electron chi connectivity index (χ0n) is 12.3. The summed E-state index contributed by atoms with van der Waals surface area (Å²) in [6.07, 6.45) is -5.66. The zero-order valence-corrected chi connectivity index (χ0v) is 12.3. The summed E-state index contributed by atoms with van der Waals surface area (Å²) in [6, 6.07) is 6.70. The molecule has 122 valence electrons. The van der Waals surface area contributed by atoms with Gasteiger partial charge >= 0.3 is 12.0 Å². The minimum Gasteiger partial charge on any atom is -0.361 e. The van der Waals surface area contributed by atoms with Gasteiger partial charge in [0.25, 0.3) is 0 Å². The Morgan fingerprint density at radius 3 is 2.22 bits per heavy atom. The first-order valence-corrected chi connectivity index (χ1v) is 6.79. The van der Waals surface area contributed by atoms with Crippen molar-refractivity contribution in [2.45, 2.75) is 32.2 Å². The average molecular weight is 326 g/mol. The second-order valence-corrected chi connectivity index (χ2v) is 5.36. The topological polar surface area (TPSA) is 67.9 Å². The zero-order chi connectivity index (χ0) is 16.8. The fourth-order valence-corrected chi connectivity index (χ4v) is 2.45. The van der Waals surface area contributed by atoms with Gasteiger partial charge in [-0.2, -0.15) is 13.2 Å². The number of aryl methyl sites for hydroxylation is 2. The monoisotopic (exact) mass is 326 g/mol. The van der Waals surface area contributed by atoms with Gasteiger partial charge in [-0.1, -0.05) is 34.6 Å². The van der Waals surface area contributed by atoms with Crippen molar-refractivity contribution >= 4 is 5.71 Å². The highest BCUT2D eigenvalue weighted by Gasteiger charge is 2.60. The molecule has 1 aliphatic heterocycles. The molecule has 0 radical (unpaired) electrons. The number of rotatable bonds is 2. The Morgan fingerprint density at radius 1 is 1.13 bits per heavy atom. The van der Waals surface area contributed by atoms with Crippen LogP contribution in [0.2, 0.25) is 0 Å². The summed E-state index contributed by atoms with van der Waals surface area (Å²) in [5.74, 6) is -2.61. The van der Waals surface area contributed by atoms with Crippen molar-refractivity contribution in [3.63, 3.8) is 0 Å². The molecule has 1 atom stereocenters. The lowest BCUT2D eigenvalue weighted by Gasteiger charge is -2.22. The van der Waals surface area contributed by atoms with Gasteiger partial charge in [0, 0.05) is 5.56 Å². The number of nitrogens with zero attached hydrogens (tertiary/aromatic N) is 2. The van der Waals surface area contributed by atoms with E-state index in [1.54, 1.807) is 38.1 Å². The number of halogens is 3. The summed E-state index contributed by atoms with van der Waals surface area (Å²) in [6.45, 7) is 3.58. The molecular weight excluding hydrogens is 313 g/mol. The van der Waals surface area contributed by atoms with Crippen LogP contribution in [0.3, 0.4) is 0 Å². The van der Waals surface area contributed by atoms with E-state index in [1.807, 2.05) is 0 Å². The SMILES string of the molecule is Cc1noc(C)c1-c1ccc(C2=NOC(O)(C(F)(F)F)C2)cc1. The molecule has 8 heteroatoms. The van der Waals surface area contributed by atoms with Crippen LogP contribution < -0.4 is 0 Å². The molecule has 0 amide bonds. The lowest BCUT2D eigenvalue weighted by atomic mass is 9.98. The summed E-state index contributed by atoms with van der Waals surface area (Å²) in [7, 11) is 0. The highest BCUT2D eigenvalue weighted by molar-refractivity contribution is 6.01. The Kier molecular flexibility index (Phi) is 3.44. The number of hydrogen-bond acceptors (Lipinski definition) is 5. The first-order valence-electron chi connectivity index (χ1n) is 6.79. The second-order valence-electron chi connectivity index (χ2n) is 5.36. The molecule has 0 fully saturated rings. The molecule has 3 rings (SSSR count). The van der Waals surface area contributed by atoms with Crippen LogP contribution in [0, 0.1) is 13.8 Å². The fourth-order valence-electron chi connectivity index (χ4n) is 2.45. The van der Waals surface area contributed by atoms with E-state index in [4.69, 9.17) is 4.52 Å². The Bertz CT molecular complexity index is 746. The first kappa shape index (κ1) is 15.5. The summed E-state index contributed by atoms with van der Waals surface area (Å²) in [5.41, 5.74) is 2.88. The highest BCUT2D eigenvalue weighted by atomic mass is 19.4. The van der Waals surface area contributed by atoms with Gasteiger partial charge in [0.2, 0.25) is 0 Å². The second kappa shape index (κ2) is 5.09. The van der Waals surface area contributed by atoms with E-state index in [2.05, 4.69) is 15.1 Å². The van der Waals surface area contributed by atoms with Crippen LogP contribution in [0.5, 0.6) is 0 Å². The number of hydrogen-bond donors (Lipinski definition) is 1. The van der Waals surface area contributed by atoms with Crippen LogP contribution >= 0.6 is 0 Å². The predicted molar refractivity (Wildman–Crippen MR) is 74.7 cm³/mol. The van der Waals surface area contributed by atoms with Gasteiger partial charge < -0.3 is 14.5 Å². The van der Waals surface area contributed by atoms with E-state index in [0.717, 1.165) is 16.8 Å². The third kappa shape index (κ3) is 2.59. The van der Waals surface area contributed by atoms with Gasteiger partial charge in [-0.15, -0.1) is 0 Å². The minimum atomic E-state index is -4.91. The summed E-state index contributed by atoms with van der Waals surface area (Å²) in [5, 5.41) is 16.7. The molecule has 2 heterocycles. The number of aliphatic hydroxyl groups is 1. The van der Waals surface area contributed by atoms with E-state index in [0.29, 0.717) is 11.3 Å². The minimum absolute atomic E-state index is 0.0372. The molecule has 1 aromatic carbocycles. The summed E-state index contributed by atoms with van der Waals surface area (Å²) < 4.78 is 43.2. The van der Waals surface area contributed by atoms with Crippen molar-refractivity contribution in [3.8, 4) is 11.1 Å². The van der Waals surface area contributed by atoms with Gasteiger partial charge in [0.05, 0.1) is 17.8 Å². The van der Waals surface area contributed by atoms with Crippen molar-refractivity contribution in [3.05, 3.63) is 41.3 Å². The molecule has 1 aliphatic rings. The lowest BCUT2D eigenvalue weighted by molar-refractivity contribution is -0.355. The van der Waals surface area contributed by atoms with Crippen LogP contribution in [0.25, 0.3) is 11.1 Å². The molecular formula is C15H13F3N2O3. The number of aromatic nitrogens is 1. The van der Waals surface area contributed by atoms with E-state index < -0.39 is 18.4 Å². The maximum atomic E-state index is 12.7. The molecule has 1 N–H and O–H groups in total. The molecule has 0 bridgehead atoms. The van der Waals surface area contributed by atoms with Crippen molar-refractivity contribution in [2.24, 2.45) is 5.16 Å². The van der Waals surface area contributed by atoms with Crippen molar-refractivity contribution in [2.75, 3.05) is 0 Å². The molecule has 23 heavy (non-hydrogen) atoms. The normalized spacial score (nSPS) is 21.2. The highest BCUT2D eigenvalue weighted by Crippen LogP contribution is 2.39. The molecule has 0 saturated heterocycles. The van der Waals surface area contributed by atoms with E-state index >= 15 is 0 Å². The number of benzene rings is 1. The van der Waals surface area contributed by atoms with E-state index in [1.165, 1.54) is 0 Å². The van der Waals surface area contributed by atoms with Gasteiger partial charge in [-0.25, -0.2) is 0 Å². The maximum Gasteiger partial charge on any atom is 0.458 e. The Morgan fingerprint density at radius 2 is 1.74 bits per heavy atom. The fraction of sp³-hybridized carbons (Fsp3) is 0.333. The Hall–Kier alpha value is -2.35. The summed E-state index contributed by atoms with van der Waals surface area (Å²) >= 11 is 0. The van der Waals surface area contributed by atoms with Gasteiger partial charge in [-0.3, -0.25) is 0 Å². The smallest absolute Gasteiger partial charge is 0.361 e. The van der Waals surface area contributed by atoms with Crippen LogP contribution in [0.4, 0.5) is 13.2 Å². The summed E-state index contributed by atoms with van der Waals surface area (Å²) in [4.78, 5) is 4.21. The first-order chi connectivity index (χ1) is 10.7. The van der Waals surface area contributed by atoms with E-state index in [9.17, 15) is 18.3 Å². The quantitative estimate of drug-likeness (QED) is 0.919. The van der Waals surface area contributed by atoms with Gasteiger partial charge in [0.15, 0.2) is 0 Å². The van der Waals surface area contributed by atoms with Gasteiger partial charge in [0.1, 0.15) is 5.76 Å². The predicted octanol–water partition coefficient (Wildman–Crippen LogP) is 3.33. The van der Waals surface area contributed by atoms with Crippen LogP contribution in [0.15, 0.2) is 33.9 Å². The molecule has 1 unspecified atom stereocenters. The standard InChI is InChI=1S/C15H13F3N2O3/c1-8-13(9(2)22-19-8)11-5-3-10(4-6-11)12-7-14(21,23-20-12)15(16,17)18/h3-6,21H,7H2,1-2H3. The van der Waals surface area contributed by atoms with Crippen molar-refractivity contribution < 1.29 is 27.6 Å². The van der Waals surface area contributed by atoms with Crippen molar-refractivity contribution in [1.82, 2.24) is 5.16 Å². The van der Waals surface area contributed by atoms with Crippen molar-refractivity contribution in [1.29, 1.82) is 0 Å². The molecule has 5 nitrogen and oxygen atoms in total. The van der Waals surface area contributed by atoms with Crippen LogP contribution in [0.1, 0.15) is 23.4 Å². The molecule has 1 aromatic heterocycles. The van der Waals surface area contributed by atoms with E-state index in [-0.39, 0.29) is 5.71 Å². The average Bonchev–Trinajstić information content (AvgIpc) is 3.03. The third-order valence-corrected chi connectivity index (χ3v) is 3.70. The Labute approximate surface area is 129 Å². The molecule has 0 saturated carbocycles. The molecule has 0 aliphatic carbocycles. The lowest BCUT2D eigenvalue weighted by Crippen LogP contribution is -2.45. The number of oxime groups is 1. The third-order valence-electron chi connectivity index (χ3n) is 3.70. The maximum absolute atomic E-state index is 12.7. The Balaban J connectivity index is 1.85.